The van der Waals surface area contributed by atoms with Crippen LogP contribution < -0.4 is 20.7 Å². The van der Waals surface area contributed by atoms with Gasteiger partial charge in [0.15, 0.2) is 5.82 Å². The third-order valence-electron chi connectivity index (χ3n) is 5.18. The Bertz CT molecular complexity index is 1330. The molecule has 36 heavy (non-hydrogen) atoms. The van der Waals surface area contributed by atoms with Gasteiger partial charge in [-0.25, -0.2) is 9.78 Å². The fraction of sp³-hybridized carbons (Fsp3) is 0.154. The lowest BCUT2D eigenvalue weighted by Gasteiger charge is -2.10. The fourth-order valence-corrected chi connectivity index (χ4v) is 3.63. The van der Waals surface area contributed by atoms with E-state index in [1.54, 1.807) is 47.4 Å². The second-order valence-corrected chi connectivity index (χ2v) is 8.32. The maximum atomic E-state index is 12.9. The lowest BCUT2D eigenvalue weighted by atomic mass is 10.2. The number of urea groups is 1. The molecule has 3 amide bonds. The molecule has 2 aromatic heterocycles. The lowest BCUT2D eigenvalue weighted by molar-refractivity contribution is 0.0935. The lowest BCUT2D eigenvalue weighted by Crippen LogP contribution is -2.27. The van der Waals surface area contributed by atoms with E-state index in [4.69, 9.17) is 16.3 Å². The number of amides is 3. The Hall–Kier alpha value is -4.37. The third-order valence-corrected chi connectivity index (χ3v) is 5.41. The molecular formula is C26H25ClN6O3. The second-order valence-electron chi connectivity index (χ2n) is 7.89. The number of carbonyl (C=O) groups is 2. The van der Waals surface area contributed by atoms with Gasteiger partial charge in [-0.1, -0.05) is 35.9 Å². The van der Waals surface area contributed by atoms with Crippen molar-refractivity contribution in [2.45, 2.75) is 20.0 Å². The number of ether oxygens (including phenoxy) is 1. The number of para-hydroxylation sites is 1. The molecule has 0 spiro atoms. The molecule has 2 heterocycles. The summed E-state index contributed by atoms with van der Waals surface area (Å²) in [5.74, 6) is 0.704. The first-order valence-corrected chi connectivity index (χ1v) is 11.6. The van der Waals surface area contributed by atoms with Crippen molar-refractivity contribution in [3.05, 3.63) is 101 Å². The molecule has 0 aliphatic heterocycles. The molecule has 0 unspecified atom stereocenters. The summed E-state index contributed by atoms with van der Waals surface area (Å²) in [6.07, 6.45) is 4.94. The van der Waals surface area contributed by atoms with Crippen molar-refractivity contribution in [2.24, 2.45) is 0 Å². The fourth-order valence-electron chi connectivity index (χ4n) is 3.41. The molecule has 10 heteroatoms. The number of aromatic nitrogens is 3. The van der Waals surface area contributed by atoms with Gasteiger partial charge in [-0.3, -0.25) is 15.1 Å². The van der Waals surface area contributed by atoms with Gasteiger partial charge >= 0.3 is 6.03 Å². The van der Waals surface area contributed by atoms with Gasteiger partial charge in [-0.15, -0.1) is 0 Å². The highest BCUT2D eigenvalue weighted by molar-refractivity contribution is 6.30. The Morgan fingerprint density at radius 1 is 1.06 bits per heavy atom. The third kappa shape index (κ3) is 6.83. The zero-order chi connectivity index (χ0) is 25.3. The Morgan fingerprint density at radius 2 is 1.89 bits per heavy atom. The molecule has 9 nitrogen and oxygen atoms in total. The van der Waals surface area contributed by atoms with Crippen LogP contribution in [0, 0.1) is 6.92 Å². The Morgan fingerprint density at radius 3 is 2.64 bits per heavy atom. The molecule has 0 radical (unpaired) electrons. The summed E-state index contributed by atoms with van der Waals surface area (Å²) >= 11 is 5.99. The molecule has 0 saturated carbocycles. The molecule has 0 aliphatic carbocycles. The van der Waals surface area contributed by atoms with Crippen LogP contribution in [-0.4, -0.2) is 33.1 Å². The summed E-state index contributed by atoms with van der Waals surface area (Å²) in [4.78, 5) is 33.9. The van der Waals surface area contributed by atoms with Crippen LogP contribution in [0.25, 0.3) is 0 Å². The highest BCUT2D eigenvalue weighted by Crippen LogP contribution is 2.20. The Kier molecular flexibility index (Phi) is 8.15. The monoisotopic (exact) mass is 504 g/mol. The second kappa shape index (κ2) is 11.9. The number of benzene rings is 2. The predicted octanol–water partition coefficient (Wildman–Crippen LogP) is 4.89. The highest BCUT2D eigenvalue weighted by atomic mass is 35.5. The summed E-state index contributed by atoms with van der Waals surface area (Å²) in [5, 5.41) is 8.87. The van der Waals surface area contributed by atoms with E-state index in [-0.39, 0.29) is 17.5 Å². The number of carbonyl (C=O) groups excluding carboxylic acids is 2. The molecule has 3 N–H and O–H groups in total. The number of nitrogens with zero attached hydrogens (tertiary/aromatic N) is 3. The number of nitrogens with one attached hydrogen (secondary N) is 3. The highest BCUT2D eigenvalue weighted by Gasteiger charge is 2.17. The first kappa shape index (κ1) is 24.7. The summed E-state index contributed by atoms with van der Waals surface area (Å²) in [6.45, 7) is 2.78. The first-order chi connectivity index (χ1) is 17.5. The van der Waals surface area contributed by atoms with Crippen LogP contribution in [0.4, 0.5) is 16.3 Å². The van der Waals surface area contributed by atoms with Gasteiger partial charge in [-0.05, 0) is 54.4 Å². The molecule has 0 atom stereocenters. The minimum Gasteiger partial charge on any atom is -0.492 e. The van der Waals surface area contributed by atoms with Crippen LogP contribution in [0.2, 0.25) is 5.02 Å². The van der Waals surface area contributed by atoms with Crippen LogP contribution in [0.5, 0.6) is 5.75 Å². The zero-order valence-electron chi connectivity index (χ0n) is 19.6. The van der Waals surface area contributed by atoms with Crippen LogP contribution in [0.3, 0.4) is 0 Å². The summed E-state index contributed by atoms with van der Waals surface area (Å²) in [7, 11) is 0. The average Bonchev–Trinajstić information content (AvgIpc) is 3.28. The standard InChI is InChI=1S/C26H25ClN6O3/c1-18-14-20(27)9-10-22(18)30-26(35)32-23-17-33(12-13-36-21-7-3-2-4-8-21)24(31-23)25(34)29-16-19-6-5-11-28-15-19/h2-11,14-15,17H,12-13,16H2,1H3,(H,29,34)(H2,30,32,35). The zero-order valence-corrected chi connectivity index (χ0v) is 20.3. The van der Waals surface area contributed by atoms with E-state index >= 15 is 0 Å². The average molecular weight is 505 g/mol. The number of anilines is 2. The number of pyridine rings is 1. The topological polar surface area (TPSA) is 110 Å². The minimum absolute atomic E-state index is 0.147. The normalized spacial score (nSPS) is 10.5. The van der Waals surface area contributed by atoms with E-state index in [1.165, 1.54) is 0 Å². The van der Waals surface area contributed by atoms with E-state index in [1.807, 2.05) is 43.3 Å². The van der Waals surface area contributed by atoms with E-state index < -0.39 is 6.03 Å². The van der Waals surface area contributed by atoms with Gasteiger partial charge < -0.3 is 19.9 Å². The largest absolute Gasteiger partial charge is 0.492 e. The molecular weight excluding hydrogens is 480 g/mol. The SMILES string of the molecule is Cc1cc(Cl)ccc1NC(=O)Nc1cn(CCOc2ccccc2)c(C(=O)NCc2cccnc2)n1. The van der Waals surface area contributed by atoms with Crippen LogP contribution >= 0.6 is 11.6 Å². The quantitative estimate of drug-likeness (QED) is 0.300. The Labute approximate surface area is 213 Å². The van der Waals surface area contributed by atoms with E-state index in [0.29, 0.717) is 30.4 Å². The van der Waals surface area contributed by atoms with Crippen LogP contribution in [0.1, 0.15) is 21.7 Å². The van der Waals surface area contributed by atoms with Crippen molar-refractivity contribution in [2.75, 3.05) is 17.2 Å². The minimum atomic E-state index is -0.493. The van der Waals surface area contributed by atoms with Crippen molar-refractivity contribution in [1.82, 2.24) is 19.9 Å². The van der Waals surface area contributed by atoms with Gasteiger partial charge in [0.2, 0.25) is 5.82 Å². The number of hydrogen-bond donors (Lipinski definition) is 3. The first-order valence-electron chi connectivity index (χ1n) is 11.2. The molecule has 0 saturated heterocycles. The van der Waals surface area contributed by atoms with Gasteiger partial charge in [-0.2, -0.15) is 0 Å². The van der Waals surface area contributed by atoms with Gasteiger partial charge in [0, 0.05) is 35.8 Å². The maximum absolute atomic E-state index is 12.9. The smallest absolute Gasteiger partial charge is 0.324 e. The molecule has 0 fully saturated rings. The van der Waals surface area contributed by atoms with E-state index in [0.717, 1.165) is 16.9 Å². The summed E-state index contributed by atoms with van der Waals surface area (Å²) < 4.78 is 7.41. The van der Waals surface area contributed by atoms with Crippen LogP contribution in [0.15, 0.2) is 79.3 Å². The predicted molar refractivity (Wildman–Crippen MR) is 138 cm³/mol. The number of imidazole rings is 1. The van der Waals surface area contributed by atoms with Crippen LogP contribution in [-0.2, 0) is 13.1 Å². The van der Waals surface area contributed by atoms with Crippen molar-refractivity contribution >= 4 is 35.0 Å². The van der Waals surface area contributed by atoms with E-state index in [2.05, 4.69) is 25.9 Å². The molecule has 2 aromatic carbocycles. The number of rotatable bonds is 9. The summed E-state index contributed by atoms with van der Waals surface area (Å²) in [5.41, 5.74) is 2.28. The number of aryl methyl sites for hydroxylation is 1. The number of hydrogen-bond acceptors (Lipinski definition) is 5. The van der Waals surface area contributed by atoms with Crippen molar-refractivity contribution in [3.63, 3.8) is 0 Å². The molecule has 4 aromatic rings. The molecule has 0 aliphatic rings. The van der Waals surface area contributed by atoms with Crippen molar-refractivity contribution < 1.29 is 14.3 Å². The molecule has 184 valence electrons. The Balaban J connectivity index is 1.45. The van der Waals surface area contributed by atoms with Crippen molar-refractivity contribution in [3.8, 4) is 5.75 Å². The summed E-state index contributed by atoms with van der Waals surface area (Å²) in [6, 6.07) is 17.7. The van der Waals surface area contributed by atoms with Gasteiger partial charge in [0.05, 0.1) is 6.54 Å². The maximum Gasteiger partial charge on any atom is 0.324 e. The van der Waals surface area contributed by atoms with Gasteiger partial charge in [0.25, 0.3) is 5.91 Å². The molecule has 0 bridgehead atoms. The van der Waals surface area contributed by atoms with Crippen molar-refractivity contribution in [1.29, 1.82) is 0 Å². The number of halogens is 1. The molecule has 4 rings (SSSR count). The van der Waals surface area contributed by atoms with E-state index in [9.17, 15) is 9.59 Å². The van der Waals surface area contributed by atoms with Gasteiger partial charge in [0.1, 0.15) is 12.4 Å².